The van der Waals surface area contributed by atoms with Crippen LogP contribution in [0.2, 0.25) is 0 Å². The largest absolute Gasteiger partial charge is 0.360 e. The Balaban J connectivity index is 2.03. The Morgan fingerprint density at radius 2 is 1.80 bits per heavy atom. The van der Waals surface area contributed by atoms with E-state index in [1.165, 1.54) is 35.7 Å². The predicted molar refractivity (Wildman–Crippen MR) is 119 cm³/mol. The van der Waals surface area contributed by atoms with Gasteiger partial charge in [-0.05, 0) is 48.7 Å². The summed E-state index contributed by atoms with van der Waals surface area (Å²) >= 11 is 0. The summed E-state index contributed by atoms with van der Waals surface area (Å²) in [4.78, 5) is 28.0. The monoisotopic (exact) mass is 427 g/mol. The number of fused-ring (bicyclic) bond motifs is 1. The number of nitrogens with zero attached hydrogens (tertiary/aromatic N) is 1. The zero-order valence-electron chi connectivity index (χ0n) is 17.2. The number of aromatic nitrogens is 1. The Hall–Kier alpha value is -3.13. The molecule has 3 rings (SSSR count). The molecule has 0 unspecified atom stereocenters. The molecular weight excluding hydrogens is 402 g/mol. The normalized spacial score (nSPS) is 11.4. The minimum Gasteiger partial charge on any atom is -0.360 e. The number of rotatable bonds is 7. The lowest BCUT2D eigenvalue weighted by atomic mass is 10.1. The van der Waals surface area contributed by atoms with E-state index in [1.54, 1.807) is 12.1 Å². The fraction of sp³-hybridized carbons (Fsp3) is 0.273. The quantitative estimate of drug-likeness (QED) is 0.605. The molecule has 0 radical (unpaired) electrons. The Kier molecular flexibility index (Phi) is 6.26. The van der Waals surface area contributed by atoms with Gasteiger partial charge in [-0.25, -0.2) is 8.42 Å². The van der Waals surface area contributed by atoms with Crippen molar-refractivity contribution in [3.8, 4) is 0 Å². The van der Waals surface area contributed by atoms with Gasteiger partial charge in [0.25, 0.3) is 15.9 Å². The maximum absolute atomic E-state index is 13.1. The molecule has 0 aliphatic heterocycles. The first-order chi connectivity index (χ1) is 14.3. The second-order valence-corrected chi connectivity index (χ2v) is 8.96. The van der Waals surface area contributed by atoms with Crippen LogP contribution in [-0.2, 0) is 16.4 Å². The number of sulfonamides is 1. The molecule has 0 aliphatic rings. The lowest BCUT2D eigenvalue weighted by Crippen LogP contribution is -2.29. The van der Waals surface area contributed by atoms with Crippen LogP contribution in [0.15, 0.2) is 58.4 Å². The van der Waals surface area contributed by atoms with Crippen LogP contribution < -0.4 is 15.1 Å². The summed E-state index contributed by atoms with van der Waals surface area (Å²) in [6.45, 7) is 4.39. The molecule has 0 aliphatic carbocycles. The topological polar surface area (TPSA) is 99.3 Å². The van der Waals surface area contributed by atoms with Gasteiger partial charge in [-0.1, -0.05) is 26.0 Å². The molecule has 0 atom stereocenters. The molecule has 1 aromatic heterocycles. The highest BCUT2D eigenvalue weighted by atomic mass is 32.2. The Morgan fingerprint density at radius 3 is 2.43 bits per heavy atom. The third kappa shape index (κ3) is 4.09. The number of anilines is 1. The number of aromatic amines is 1. The maximum Gasteiger partial charge on any atom is 0.264 e. The Labute approximate surface area is 175 Å². The number of amides is 1. The molecule has 0 saturated carbocycles. The van der Waals surface area contributed by atoms with E-state index in [-0.39, 0.29) is 15.8 Å². The van der Waals surface area contributed by atoms with Gasteiger partial charge in [0.2, 0.25) is 5.43 Å². The van der Waals surface area contributed by atoms with Gasteiger partial charge in [-0.15, -0.1) is 0 Å². The molecule has 0 fully saturated rings. The molecule has 7 nitrogen and oxygen atoms in total. The molecule has 0 spiro atoms. The average Bonchev–Trinajstić information content (AvgIpc) is 2.77. The van der Waals surface area contributed by atoms with Crippen LogP contribution in [0.25, 0.3) is 10.9 Å². The molecule has 8 heteroatoms. The minimum absolute atomic E-state index is 0.0197. The van der Waals surface area contributed by atoms with E-state index in [0.29, 0.717) is 17.7 Å². The van der Waals surface area contributed by atoms with E-state index >= 15 is 0 Å². The van der Waals surface area contributed by atoms with Gasteiger partial charge in [-0.3, -0.25) is 13.9 Å². The fourth-order valence-electron chi connectivity index (χ4n) is 3.10. The van der Waals surface area contributed by atoms with Crippen molar-refractivity contribution in [3.63, 3.8) is 0 Å². The van der Waals surface area contributed by atoms with E-state index in [2.05, 4.69) is 10.3 Å². The first-order valence-electron chi connectivity index (χ1n) is 9.81. The minimum atomic E-state index is -3.89. The summed E-state index contributed by atoms with van der Waals surface area (Å²) in [6.07, 6.45) is 2.95. The smallest absolute Gasteiger partial charge is 0.264 e. The van der Waals surface area contributed by atoms with Gasteiger partial charge in [0.05, 0.1) is 10.6 Å². The molecule has 1 amide bonds. The van der Waals surface area contributed by atoms with Crippen LogP contribution in [0.5, 0.6) is 0 Å². The first-order valence-corrected chi connectivity index (χ1v) is 11.2. The number of carbonyl (C=O) groups is 1. The van der Waals surface area contributed by atoms with E-state index in [0.717, 1.165) is 18.4 Å². The highest BCUT2D eigenvalue weighted by Gasteiger charge is 2.23. The molecule has 2 N–H and O–H groups in total. The Bertz CT molecular complexity index is 1230. The summed E-state index contributed by atoms with van der Waals surface area (Å²) in [7, 11) is -2.42. The molecule has 158 valence electrons. The summed E-state index contributed by atoms with van der Waals surface area (Å²) < 4.78 is 27.5. The molecule has 0 bridgehead atoms. The predicted octanol–water partition coefficient (Wildman–Crippen LogP) is 3.06. The van der Waals surface area contributed by atoms with Crippen LogP contribution in [0, 0.1) is 0 Å². The Morgan fingerprint density at radius 1 is 1.10 bits per heavy atom. The second-order valence-electron chi connectivity index (χ2n) is 6.99. The van der Waals surface area contributed by atoms with Crippen molar-refractivity contribution in [1.29, 1.82) is 0 Å². The third-order valence-corrected chi connectivity index (χ3v) is 6.78. The SMILES string of the molecule is CCCNC(=O)c1c[nH]c2ccc(S(=O)(=O)N(C)c3ccc(CC)cc3)cc2c1=O. The van der Waals surface area contributed by atoms with E-state index in [1.807, 2.05) is 26.0 Å². The molecule has 2 aromatic carbocycles. The number of aryl methyl sites for hydroxylation is 1. The number of carbonyl (C=O) groups excluding carboxylic acids is 1. The summed E-state index contributed by atoms with van der Waals surface area (Å²) in [5.41, 5.74) is 1.53. The van der Waals surface area contributed by atoms with E-state index in [9.17, 15) is 18.0 Å². The van der Waals surface area contributed by atoms with Crippen molar-refractivity contribution in [3.05, 3.63) is 70.0 Å². The number of benzene rings is 2. The standard InChI is InChI=1S/C22H25N3O4S/c1-4-12-23-22(27)19-14-24-20-11-10-17(13-18(20)21(19)26)30(28,29)25(3)16-8-6-15(5-2)7-9-16/h6-11,13-14H,4-5,12H2,1-3H3,(H,23,27)(H,24,26). The number of hydrogen-bond donors (Lipinski definition) is 2. The van der Waals surface area contributed by atoms with Crippen LogP contribution in [0.4, 0.5) is 5.69 Å². The van der Waals surface area contributed by atoms with Crippen molar-refractivity contribution in [2.75, 3.05) is 17.9 Å². The number of nitrogens with one attached hydrogen (secondary N) is 2. The van der Waals surface area contributed by atoms with E-state index < -0.39 is 21.4 Å². The molecule has 3 aromatic rings. The lowest BCUT2D eigenvalue weighted by Gasteiger charge is -2.20. The zero-order valence-corrected chi connectivity index (χ0v) is 18.0. The van der Waals surface area contributed by atoms with Gasteiger partial charge >= 0.3 is 0 Å². The number of hydrogen-bond acceptors (Lipinski definition) is 4. The van der Waals surface area contributed by atoms with Crippen molar-refractivity contribution < 1.29 is 13.2 Å². The van der Waals surface area contributed by atoms with Crippen LogP contribution in [-0.4, -0.2) is 32.9 Å². The first kappa shape index (κ1) is 21.6. The number of pyridine rings is 1. The van der Waals surface area contributed by atoms with Crippen LogP contribution in [0.3, 0.4) is 0 Å². The van der Waals surface area contributed by atoms with Gasteiger partial charge in [0, 0.05) is 30.7 Å². The van der Waals surface area contributed by atoms with Crippen molar-refractivity contribution in [1.82, 2.24) is 10.3 Å². The highest BCUT2D eigenvalue weighted by molar-refractivity contribution is 7.92. The highest BCUT2D eigenvalue weighted by Crippen LogP contribution is 2.24. The molecular formula is C22H25N3O4S. The van der Waals surface area contributed by atoms with Crippen molar-refractivity contribution >= 4 is 32.5 Å². The summed E-state index contributed by atoms with van der Waals surface area (Å²) in [6, 6.07) is 11.6. The number of H-pyrrole nitrogens is 1. The summed E-state index contributed by atoms with van der Waals surface area (Å²) in [5.74, 6) is -0.485. The molecule has 30 heavy (non-hydrogen) atoms. The van der Waals surface area contributed by atoms with Crippen molar-refractivity contribution in [2.45, 2.75) is 31.6 Å². The van der Waals surface area contributed by atoms with Gasteiger partial charge in [0.15, 0.2) is 0 Å². The van der Waals surface area contributed by atoms with Gasteiger partial charge < -0.3 is 10.3 Å². The van der Waals surface area contributed by atoms with Gasteiger partial charge in [-0.2, -0.15) is 0 Å². The molecule has 1 heterocycles. The van der Waals surface area contributed by atoms with E-state index in [4.69, 9.17) is 0 Å². The third-order valence-electron chi connectivity index (χ3n) is 5.00. The van der Waals surface area contributed by atoms with Crippen LogP contribution in [0.1, 0.15) is 36.2 Å². The lowest BCUT2D eigenvalue weighted by molar-refractivity contribution is 0.0952. The van der Waals surface area contributed by atoms with Crippen molar-refractivity contribution in [2.24, 2.45) is 0 Å². The fourth-order valence-corrected chi connectivity index (χ4v) is 4.32. The zero-order chi connectivity index (χ0) is 21.9. The van der Waals surface area contributed by atoms with Gasteiger partial charge in [0.1, 0.15) is 5.56 Å². The second kappa shape index (κ2) is 8.71. The molecule has 0 saturated heterocycles. The summed E-state index contributed by atoms with van der Waals surface area (Å²) in [5, 5.41) is 2.81. The average molecular weight is 428 g/mol. The maximum atomic E-state index is 13.1. The van der Waals surface area contributed by atoms with Crippen LogP contribution >= 0.6 is 0 Å².